The number of carbonyl (C=O) groups is 2. The fraction of sp³-hybridized carbons (Fsp3) is 0.391. The summed E-state index contributed by atoms with van der Waals surface area (Å²) < 4.78 is 10.7. The molecule has 30 heavy (non-hydrogen) atoms. The normalized spacial score (nSPS) is 16.6. The number of hydrogen-bond acceptors (Lipinski definition) is 5. The first-order valence-corrected chi connectivity index (χ1v) is 10.1. The summed E-state index contributed by atoms with van der Waals surface area (Å²) in [4.78, 5) is 27.0. The Morgan fingerprint density at radius 1 is 1.10 bits per heavy atom. The highest BCUT2D eigenvalue weighted by Gasteiger charge is 2.31. The number of methoxy groups -OCH3 is 2. The molecule has 2 aromatic rings. The Bertz CT molecular complexity index is 857. The lowest BCUT2D eigenvalue weighted by molar-refractivity contribution is -0.134. The van der Waals surface area contributed by atoms with Crippen molar-refractivity contribution in [2.24, 2.45) is 0 Å². The Balaban J connectivity index is 1.59. The topological polar surface area (TPSA) is 79.9 Å². The van der Waals surface area contributed by atoms with Crippen molar-refractivity contribution in [3.63, 3.8) is 0 Å². The van der Waals surface area contributed by atoms with Crippen LogP contribution in [0.4, 0.5) is 0 Å². The van der Waals surface area contributed by atoms with E-state index in [-0.39, 0.29) is 18.2 Å². The molecule has 2 N–H and O–H groups in total. The van der Waals surface area contributed by atoms with Gasteiger partial charge in [-0.2, -0.15) is 0 Å². The van der Waals surface area contributed by atoms with Crippen molar-refractivity contribution < 1.29 is 19.1 Å². The number of rotatable bonds is 9. The van der Waals surface area contributed by atoms with Gasteiger partial charge >= 0.3 is 0 Å². The van der Waals surface area contributed by atoms with Crippen LogP contribution in [0.2, 0.25) is 0 Å². The first kappa shape index (κ1) is 21.6. The molecule has 2 amide bonds. The number of hydrogen-bond donors (Lipinski definition) is 2. The third-order valence-corrected chi connectivity index (χ3v) is 5.23. The van der Waals surface area contributed by atoms with Gasteiger partial charge in [0.2, 0.25) is 11.8 Å². The average Bonchev–Trinajstić information content (AvgIpc) is 2.76. The van der Waals surface area contributed by atoms with Crippen molar-refractivity contribution in [3.05, 3.63) is 59.7 Å². The number of benzene rings is 2. The maximum Gasteiger partial charge on any atom is 0.237 e. The molecule has 0 saturated carbocycles. The smallest absolute Gasteiger partial charge is 0.237 e. The van der Waals surface area contributed by atoms with Crippen molar-refractivity contribution >= 4 is 11.8 Å². The minimum Gasteiger partial charge on any atom is -0.493 e. The van der Waals surface area contributed by atoms with Crippen molar-refractivity contribution in [2.45, 2.75) is 25.4 Å². The summed E-state index contributed by atoms with van der Waals surface area (Å²) in [5.41, 5.74) is 2.17. The molecule has 0 bridgehead atoms. The van der Waals surface area contributed by atoms with E-state index < -0.39 is 6.04 Å². The zero-order valence-corrected chi connectivity index (χ0v) is 17.5. The lowest BCUT2D eigenvalue weighted by Crippen LogP contribution is -2.56. The highest BCUT2D eigenvalue weighted by atomic mass is 16.5. The maximum absolute atomic E-state index is 12.5. The van der Waals surface area contributed by atoms with Gasteiger partial charge in [-0.1, -0.05) is 36.4 Å². The molecule has 1 saturated heterocycles. The Morgan fingerprint density at radius 3 is 2.60 bits per heavy atom. The van der Waals surface area contributed by atoms with Crippen LogP contribution < -0.4 is 20.1 Å². The van der Waals surface area contributed by atoms with Crippen LogP contribution in [0.25, 0.3) is 0 Å². The third kappa shape index (κ3) is 5.73. The highest BCUT2D eigenvalue weighted by Crippen LogP contribution is 2.28. The van der Waals surface area contributed by atoms with Gasteiger partial charge in [0, 0.05) is 26.2 Å². The van der Waals surface area contributed by atoms with E-state index in [1.165, 1.54) is 5.56 Å². The second-order valence-corrected chi connectivity index (χ2v) is 7.26. The van der Waals surface area contributed by atoms with Gasteiger partial charge < -0.3 is 20.1 Å². The van der Waals surface area contributed by atoms with E-state index in [2.05, 4.69) is 10.6 Å². The molecule has 160 valence electrons. The van der Waals surface area contributed by atoms with E-state index in [0.717, 1.165) is 12.0 Å². The van der Waals surface area contributed by atoms with Gasteiger partial charge in [-0.05, 0) is 29.7 Å². The van der Waals surface area contributed by atoms with E-state index in [9.17, 15) is 9.59 Å². The molecule has 1 atom stereocenters. The van der Waals surface area contributed by atoms with E-state index >= 15 is 0 Å². The zero-order chi connectivity index (χ0) is 21.3. The number of nitrogens with zero attached hydrogens (tertiary/aromatic N) is 1. The first-order valence-electron chi connectivity index (χ1n) is 10.1. The molecule has 0 aromatic heterocycles. The molecule has 0 spiro atoms. The lowest BCUT2D eigenvalue weighted by Gasteiger charge is -2.34. The number of nitrogens with one attached hydrogen (secondary N) is 2. The molecule has 1 aliphatic rings. The van der Waals surface area contributed by atoms with Gasteiger partial charge in [0.15, 0.2) is 11.5 Å². The summed E-state index contributed by atoms with van der Waals surface area (Å²) in [7, 11) is 3.19. The Hall–Kier alpha value is -3.06. The van der Waals surface area contributed by atoms with Crippen LogP contribution in [0.3, 0.4) is 0 Å². The van der Waals surface area contributed by atoms with E-state index in [1.807, 2.05) is 53.4 Å². The van der Waals surface area contributed by atoms with Crippen molar-refractivity contribution in [3.8, 4) is 11.5 Å². The molecule has 3 rings (SSSR count). The molecule has 1 fully saturated rings. The van der Waals surface area contributed by atoms with Gasteiger partial charge in [-0.15, -0.1) is 0 Å². The van der Waals surface area contributed by atoms with Gasteiger partial charge in [0.25, 0.3) is 0 Å². The molecule has 0 radical (unpaired) electrons. The average molecular weight is 412 g/mol. The molecule has 7 nitrogen and oxygen atoms in total. The number of piperazine rings is 1. The monoisotopic (exact) mass is 411 g/mol. The van der Waals surface area contributed by atoms with Crippen molar-refractivity contribution in [1.82, 2.24) is 15.5 Å². The lowest BCUT2D eigenvalue weighted by atomic mass is 10.1. The number of amides is 2. The summed E-state index contributed by atoms with van der Waals surface area (Å²) >= 11 is 0. The standard InChI is InChI=1S/C23H29N3O4/c1-29-20-9-8-18(14-21(20)30-2)16-26-13-12-25-23(28)19(26)15-22(27)24-11-10-17-6-4-3-5-7-17/h3-9,14,19H,10-13,15-16H2,1-2H3,(H,24,27)(H,25,28). The minimum atomic E-state index is -0.497. The quantitative estimate of drug-likeness (QED) is 0.657. The van der Waals surface area contributed by atoms with E-state index in [1.54, 1.807) is 14.2 Å². The second kappa shape index (κ2) is 10.6. The first-order chi connectivity index (χ1) is 14.6. The summed E-state index contributed by atoms with van der Waals surface area (Å²) in [6.07, 6.45) is 0.896. The van der Waals surface area contributed by atoms with Crippen LogP contribution in [0.1, 0.15) is 17.5 Å². The molecule has 2 aromatic carbocycles. The Labute approximate surface area is 177 Å². The summed E-state index contributed by atoms with van der Waals surface area (Å²) in [6, 6.07) is 15.2. The SMILES string of the molecule is COc1ccc(CN2CCNC(=O)C2CC(=O)NCCc2ccccc2)cc1OC. The van der Waals surface area contributed by atoms with E-state index in [0.29, 0.717) is 37.7 Å². The molecular weight excluding hydrogens is 382 g/mol. The van der Waals surface area contributed by atoms with Crippen LogP contribution in [-0.2, 0) is 22.6 Å². The number of carbonyl (C=O) groups excluding carboxylic acids is 2. The largest absolute Gasteiger partial charge is 0.493 e. The summed E-state index contributed by atoms with van der Waals surface area (Å²) in [6.45, 7) is 2.35. The van der Waals surface area contributed by atoms with Crippen LogP contribution in [-0.4, -0.2) is 56.6 Å². The van der Waals surface area contributed by atoms with Gasteiger partial charge in [0.1, 0.15) is 0 Å². The van der Waals surface area contributed by atoms with Gasteiger partial charge in [0.05, 0.1) is 26.7 Å². The van der Waals surface area contributed by atoms with Crippen molar-refractivity contribution in [2.75, 3.05) is 33.9 Å². The predicted molar refractivity (Wildman–Crippen MR) is 115 cm³/mol. The van der Waals surface area contributed by atoms with Crippen molar-refractivity contribution in [1.29, 1.82) is 0 Å². The number of ether oxygens (including phenoxy) is 2. The Kier molecular flexibility index (Phi) is 7.68. The fourth-order valence-corrected chi connectivity index (χ4v) is 3.63. The maximum atomic E-state index is 12.5. The zero-order valence-electron chi connectivity index (χ0n) is 17.5. The highest BCUT2D eigenvalue weighted by molar-refractivity contribution is 5.88. The van der Waals surface area contributed by atoms with Gasteiger partial charge in [-0.25, -0.2) is 0 Å². The molecule has 1 aliphatic heterocycles. The van der Waals surface area contributed by atoms with Crippen LogP contribution in [0.5, 0.6) is 11.5 Å². The van der Waals surface area contributed by atoms with Gasteiger partial charge in [-0.3, -0.25) is 14.5 Å². The third-order valence-electron chi connectivity index (χ3n) is 5.23. The second-order valence-electron chi connectivity index (χ2n) is 7.26. The molecular formula is C23H29N3O4. The molecule has 0 aliphatic carbocycles. The molecule has 1 unspecified atom stereocenters. The summed E-state index contributed by atoms with van der Waals surface area (Å²) in [5, 5.41) is 5.81. The van der Waals surface area contributed by atoms with Crippen LogP contribution in [0, 0.1) is 0 Å². The Morgan fingerprint density at radius 2 is 1.87 bits per heavy atom. The summed E-state index contributed by atoms with van der Waals surface area (Å²) in [5.74, 6) is 1.07. The predicted octanol–water partition coefficient (Wildman–Crippen LogP) is 1.75. The molecule has 1 heterocycles. The molecule has 7 heteroatoms. The fourth-order valence-electron chi connectivity index (χ4n) is 3.63. The van der Waals surface area contributed by atoms with Crippen LogP contribution in [0.15, 0.2) is 48.5 Å². The van der Waals surface area contributed by atoms with Crippen LogP contribution >= 0.6 is 0 Å². The van der Waals surface area contributed by atoms with E-state index in [4.69, 9.17) is 9.47 Å². The minimum absolute atomic E-state index is 0.111.